The Morgan fingerprint density at radius 2 is 2.25 bits per heavy atom. The number of unbranched alkanes of at least 4 members (excludes halogenated alkanes) is 1. The summed E-state index contributed by atoms with van der Waals surface area (Å²) in [5.74, 6) is 0.368. The molecule has 0 atom stereocenters. The Morgan fingerprint density at radius 3 is 2.81 bits per heavy atom. The third-order valence-electron chi connectivity index (χ3n) is 1.88. The molecule has 0 aliphatic carbocycles. The predicted octanol–water partition coefficient (Wildman–Crippen LogP) is 1.97. The number of sulfonamides is 1. The maximum absolute atomic E-state index is 11.6. The molecular weight excluding hydrogens is 294 g/mol. The molecule has 90 valence electrons. The summed E-state index contributed by atoms with van der Waals surface area (Å²) in [6.07, 6.45) is 2.86. The molecule has 0 amide bonds. The number of aromatic nitrogens is 1. The molecule has 1 aromatic rings. The maximum Gasteiger partial charge on any atom is 0.233 e. The molecule has 3 N–H and O–H groups in total. The average Bonchev–Trinajstić information content (AvgIpc) is 2.19. The van der Waals surface area contributed by atoms with Gasteiger partial charge in [-0.3, -0.25) is 4.72 Å². The van der Waals surface area contributed by atoms with Crippen molar-refractivity contribution in [3.8, 4) is 0 Å². The molecule has 0 aliphatic heterocycles. The van der Waals surface area contributed by atoms with E-state index in [0.29, 0.717) is 16.6 Å². The van der Waals surface area contributed by atoms with Crippen LogP contribution in [0.3, 0.4) is 0 Å². The Morgan fingerprint density at radius 1 is 1.56 bits per heavy atom. The number of anilines is 2. The first-order valence-electron chi connectivity index (χ1n) is 4.86. The van der Waals surface area contributed by atoms with Gasteiger partial charge < -0.3 is 5.73 Å². The Balaban J connectivity index is 2.80. The van der Waals surface area contributed by atoms with E-state index < -0.39 is 10.0 Å². The zero-order valence-corrected chi connectivity index (χ0v) is 11.3. The van der Waals surface area contributed by atoms with Crippen molar-refractivity contribution in [1.29, 1.82) is 0 Å². The highest BCUT2D eigenvalue weighted by atomic mass is 79.9. The molecule has 0 saturated heterocycles. The number of nitrogens with one attached hydrogen (secondary N) is 1. The normalized spacial score (nSPS) is 11.4. The molecule has 7 heteroatoms. The van der Waals surface area contributed by atoms with Crippen LogP contribution in [-0.2, 0) is 10.0 Å². The molecule has 0 aromatic carbocycles. The Bertz CT molecular complexity index is 462. The SMILES string of the molecule is CCCCS(=O)(=O)Nc1ncc(N)cc1Br. The van der Waals surface area contributed by atoms with E-state index in [9.17, 15) is 8.42 Å². The van der Waals surface area contributed by atoms with Gasteiger partial charge in [0.15, 0.2) is 5.82 Å². The topological polar surface area (TPSA) is 85.1 Å². The molecule has 0 radical (unpaired) electrons. The first kappa shape index (κ1) is 13.2. The highest BCUT2D eigenvalue weighted by Gasteiger charge is 2.12. The standard InChI is InChI=1S/C9H14BrN3O2S/c1-2-3-4-16(14,15)13-9-8(10)5-7(11)6-12-9/h5-6H,2-4,11H2,1H3,(H,12,13). The number of rotatable bonds is 5. The van der Waals surface area contributed by atoms with Crippen molar-refractivity contribution in [1.82, 2.24) is 4.98 Å². The Labute approximate surface area is 104 Å². The number of halogens is 1. The summed E-state index contributed by atoms with van der Waals surface area (Å²) in [4.78, 5) is 3.91. The minimum absolute atomic E-state index is 0.0992. The van der Waals surface area contributed by atoms with Crippen LogP contribution in [0.2, 0.25) is 0 Å². The minimum Gasteiger partial charge on any atom is -0.397 e. The Hall–Kier alpha value is -0.820. The largest absolute Gasteiger partial charge is 0.397 e. The van der Waals surface area contributed by atoms with E-state index in [4.69, 9.17) is 5.73 Å². The van der Waals surface area contributed by atoms with Crippen LogP contribution in [0.15, 0.2) is 16.7 Å². The molecule has 0 unspecified atom stereocenters. The van der Waals surface area contributed by atoms with Crippen molar-refractivity contribution in [2.45, 2.75) is 19.8 Å². The van der Waals surface area contributed by atoms with Gasteiger partial charge in [0.2, 0.25) is 10.0 Å². The molecule has 0 aliphatic rings. The van der Waals surface area contributed by atoms with E-state index in [1.54, 1.807) is 6.07 Å². The van der Waals surface area contributed by atoms with Gasteiger partial charge in [-0.25, -0.2) is 13.4 Å². The number of pyridine rings is 1. The lowest BCUT2D eigenvalue weighted by molar-refractivity contribution is 0.597. The summed E-state index contributed by atoms with van der Waals surface area (Å²) in [6.45, 7) is 1.94. The average molecular weight is 308 g/mol. The van der Waals surface area contributed by atoms with Crippen LogP contribution in [0.4, 0.5) is 11.5 Å². The van der Waals surface area contributed by atoms with Crippen LogP contribution in [-0.4, -0.2) is 19.2 Å². The van der Waals surface area contributed by atoms with Gasteiger partial charge in [0.1, 0.15) is 0 Å². The van der Waals surface area contributed by atoms with Crippen molar-refractivity contribution in [3.63, 3.8) is 0 Å². The lowest BCUT2D eigenvalue weighted by Gasteiger charge is -2.08. The summed E-state index contributed by atoms with van der Waals surface area (Å²) in [5, 5.41) is 0. The van der Waals surface area contributed by atoms with Crippen LogP contribution in [0, 0.1) is 0 Å². The van der Waals surface area contributed by atoms with E-state index in [-0.39, 0.29) is 11.6 Å². The smallest absolute Gasteiger partial charge is 0.233 e. The van der Waals surface area contributed by atoms with Crippen LogP contribution >= 0.6 is 15.9 Å². The van der Waals surface area contributed by atoms with E-state index in [0.717, 1.165) is 6.42 Å². The zero-order chi connectivity index (χ0) is 12.2. The first-order chi connectivity index (χ1) is 7.44. The summed E-state index contributed by atoms with van der Waals surface area (Å²) < 4.78 is 26.1. The molecule has 0 spiro atoms. The molecule has 0 bridgehead atoms. The first-order valence-corrected chi connectivity index (χ1v) is 7.30. The van der Waals surface area contributed by atoms with Crippen molar-refractivity contribution >= 4 is 37.5 Å². The van der Waals surface area contributed by atoms with E-state index in [1.165, 1.54) is 6.20 Å². The minimum atomic E-state index is -3.32. The molecule has 1 aromatic heterocycles. The van der Waals surface area contributed by atoms with Crippen LogP contribution in [0.25, 0.3) is 0 Å². The quantitative estimate of drug-likeness (QED) is 0.871. The van der Waals surface area contributed by atoms with Crippen LogP contribution < -0.4 is 10.5 Å². The van der Waals surface area contributed by atoms with Gasteiger partial charge in [0.05, 0.1) is 22.1 Å². The van der Waals surface area contributed by atoms with E-state index in [2.05, 4.69) is 25.6 Å². The number of nitrogens with two attached hydrogens (primary N) is 1. The zero-order valence-electron chi connectivity index (χ0n) is 8.90. The van der Waals surface area contributed by atoms with Gasteiger partial charge in [-0.1, -0.05) is 13.3 Å². The second kappa shape index (κ2) is 5.49. The lowest BCUT2D eigenvalue weighted by atomic mass is 10.4. The fourth-order valence-electron chi connectivity index (χ4n) is 1.06. The summed E-state index contributed by atoms with van der Waals surface area (Å²) in [7, 11) is -3.32. The predicted molar refractivity (Wildman–Crippen MR) is 68.7 cm³/mol. The second-order valence-corrected chi connectivity index (χ2v) is 6.07. The second-order valence-electron chi connectivity index (χ2n) is 3.37. The highest BCUT2D eigenvalue weighted by molar-refractivity contribution is 9.10. The van der Waals surface area contributed by atoms with Crippen molar-refractivity contribution < 1.29 is 8.42 Å². The van der Waals surface area contributed by atoms with Crippen LogP contribution in [0.5, 0.6) is 0 Å². The number of hydrogen-bond donors (Lipinski definition) is 2. The maximum atomic E-state index is 11.6. The summed E-state index contributed by atoms with van der Waals surface area (Å²) >= 11 is 3.20. The van der Waals surface area contributed by atoms with Gasteiger partial charge in [0.25, 0.3) is 0 Å². The third kappa shape index (κ3) is 3.97. The van der Waals surface area contributed by atoms with Crippen LogP contribution in [0.1, 0.15) is 19.8 Å². The highest BCUT2D eigenvalue weighted by Crippen LogP contribution is 2.22. The van der Waals surface area contributed by atoms with Gasteiger partial charge in [-0.05, 0) is 28.4 Å². The molecule has 16 heavy (non-hydrogen) atoms. The van der Waals surface area contributed by atoms with Gasteiger partial charge in [-0.15, -0.1) is 0 Å². The number of hydrogen-bond acceptors (Lipinski definition) is 4. The Kier molecular flexibility index (Phi) is 4.55. The van der Waals surface area contributed by atoms with E-state index in [1.807, 2.05) is 6.92 Å². The van der Waals surface area contributed by atoms with Crippen molar-refractivity contribution in [3.05, 3.63) is 16.7 Å². The van der Waals surface area contributed by atoms with E-state index >= 15 is 0 Å². The van der Waals surface area contributed by atoms with Gasteiger partial charge in [0, 0.05) is 0 Å². The summed E-state index contributed by atoms with van der Waals surface area (Å²) in [5.41, 5.74) is 5.98. The monoisotopic (exact) mass is 307 g/mol. The molecular formula is C9H14BrN3O2S. The molecule has 5 nitrogen and oxygen atoms in total. The van der Waals surface area contributed by atoms with Crippen molar-refractivity contribution in [2.24, 2.45) is 0 Å². The molecule has 0 fully saturated rings. The number of nitrogens with zero attached hydrogens (tertiary/aromatic N) is 1. The summed E-state index contributed by atoms with van der Waals surface area (Å²) in [6, 6.07) is 1.60. The molecule has 1 heterocycles. The fraction of sp³-hybridized carbons (Fsp3) is 0.444. The number of nitrogen functional groups attached to an aromatic ring is 1. The fourth-order valence-corrected chi connectivity index (χ4v) is 2.89. The van der Waals surface area contributed by atoms with Gasteiger partial charge >= 0.3 is 0 Å². The lowest BCUT2D eigenvalue weighted by Crippen LogP contribution is -2.17. The molecule has 1 rings (SSSR count). The third-order valence-corrected chi connectivity index (χ3v) is 3.82. The van der Waals surface area contributed by atoms with Crippen molar-refractivity contribution in [2.75, 3.05) is 16.2 Å². The molecule has 0 saturated carbocycles. The van der Waals surface area contributed by atoms with Gasteiger partial charge in [-0.2, -0.15) is 0 Å².